The van der Waals surface area contributed by atoms with E-state index < -0.39 is 0 Å². The molecule has 0 spiro atoms. The van der Waals surface area contributed by atoms with E-state index in [1.165, 1.54) is 31.5 Å². The van der Waals surface area contributed by atoms with E-state index in [2.05, 4.69) is 39.9 Å². The van der Waals surface area contributed by atoms with Gasteiger partial charge in [-0.15, -0.1) is 0 Å². The van der Waals surface area contributed by atoms with Gasteiger partial charge >= 0.3 is 0 Å². The highest BCUT2D eigenvalue weighted by molar-refractivity contribution is 9.10. The first kappa shape index (κ1) is 12.4. The average molecular weight is 303 g/mol. The number of hydrogen-bond donors (Lipinski definition) is 0. The first-order valence-electron chi connectivity index (χ1n) is 5.85. The van der Waals surface area contributed by atoms with Crippen molar-refractivity contribution in [3.05, 3.63) is 33.3 Å². The molecule has 1 saturated heterocycles. The van der Waals surface area contributed by atoms with E-state index in [4.69, 9.17) is 11.6 Å². The van der Waals surface area contributed by atoms with Gasteiger partial charge in [-0.25, -0.2) is 0 Å². The fourth-order valence-electron chi connectivity index (χ4n) is 2.28. The van der Waals surface area contributed by atoms with Gasteiger partial charge in [0.1, 0.15) is 0 Å². The van der Waals surface area contributed by atoms with Crippen LogP contribution in [0.25, 0.3) is 0 Å². The minimum absolute atomic E-state index is 0.870. The molecule has 1 atom stereocenters. The fourth-order valence-corrected chi connectivity index (χ4v) is 3.01. The Morgan fingerprint density at radius 3 is 2.94 bits per heavy atom. The van der Waals surface area contributed by atoms with Crippen LogP contribution in [-0.4, -0.2) is 18.0 Å². The lowest BCUT2D eigenvalue weighted by Gasteiger charge is -2.16. The molecule has 0 N–H and O–H groups in total. The first-order valence-corrected chi connectivity index (χ1v) is 7.02. The molecule has 0 radical (unpaired) electrons. The molecule has 1 nitrogen and oxygen atoms in total. The highest BCUT2D eigenvalue weighted by Crippen LogP contribution is 2.26. The summed E-state index contributed by atoms with van der Waals surface area (Å²) in [5.74, 6) is 0.884. The lowest BCUT2D eigenvalue weighted by Crippen LogP contribution is -2.20. The molecule has 1 aromatic rings. The Labute approximate surface area is 111 Å². The summed E-state index contributed by atoms with van der Waals surface area (Å²) in [4.78, 5) is 2.50. The van der Waals surface area contributed by atoms with Gasteiger partial charge in [0.2, 0.25) is 0 Å². The molecule has 1 aromatic carbocycles. The average Bonchev–Trinajstić information content (AvgIpc) is 2.70. The van der Waals surface area contributed by atoms with E-state index >= 15 is 0 Å². The number of likely N-dealkylation sites (tertiary alicyclic amines) is 1. The second kappa shape index (κ2) is 5.52. The normalized spacial score (nSPS) is 21.6. The van der Waals surface area contributed by atoms with Crippen molar-refractivity contribution in [3.63, 3.8) is 0 Å². The molecule has 0 amide bonds. The Kier molecular flexibility index (Phi) is 4.28. The van der Waals surface area contributed by atoms with Gasteiger partial charge < -0.3 is 0 Å². The van der Waals surface area contributed by atoms with Gasteiger partial charge in [-0.2, -0.15) is 0 Å². The van der Waals surface area contributed by atoms with Crippen molar-refractivity contribution in [1.29, 1.82) is 0 Å². The molecule has 1 aliphatic heterocycles. The quantitative estimate of drug-likeness (QED) is 0.803. The van der Waals surface area contributed by atoms with E-state index in [1.54, 1.807) is 0 Å². The summed E-state index contributed by atoms with van der Waals surface area (Å²) in [6.07, 6.45) is 2.63. The van der Waals surface area contributed by atoms with Crippen LogP contribution in [0.5, 0.6) is 0 Å². The Hall–Kier alpha value is -0.0500. The zero-order chi connectivity index (χ0) is 11.5. The molecule has 0 saturated carbocycles. The summed E-state index contributed by atoms with van der Waals surface area (Å²) >= 11 is 9.65. The second-order valence-corrected chi connectivity index (χ2v) is 5.86. The molecule has 0 aromatic heterocycles. The number of rotatable bonds is 3. The summed E-state index contributed by atoms with van der Waals surface area (Å²) in [5.41, 5.74) is 1.24. The van der Waals surface area contributed by atoms with Gasteiger partial charge in [-0.3, -0.25) is 4.90 Å². The molecule has 88 valence electrons. The van der Waals surface area contributed by atoms with Crippen LogP contribution in [0.4, 0.5) is 0 Å². The lowest BCUT2D eigenvalue weighted by atomic mass is 10.1. The number of benzene rings is 1. The van der Waals surface area contributed by atoms with Crippen LogP contribution in [0, 0.1) is 5.92 Å². The van der Waals surface area contributed by atoms with E-state index in [0.717, 1.165) is 22.0 Å². The van der Waals surface area contributed by atoms with E-state index in [0.29, 0.717) is 0 Å². The predicted octanol–water partition coefficient (Wildman–Crippen LogP) is 4.33. The zero-order valence-electron chi connectivity index (χ0n) is 9.55. The van der Waals surface area contributed by atoms with Crippen molar-refractivity contribution in [3.8, 4) is 0 Å². The third-order valence-electron chi connectivity index (χ3n) is 3.36. The van der Waals surface area contributed by atoms with Crippen LogP contribution >= 0.6 is 27.5 Å². The monoisotopic (exact) mass is 301 g/mol. The standard InChI is InChI=1S/C13H17BrClN/c1-2-10-5-6-16(8-10)9-11-3-4-12(14)7-13(11)15/h3-4,7,10H,2,5-6,8-9H2,1H3. The minimum atomic E-state index is 0.870. The summed E-state index contributed by atoms with van der Waals surface area (Å²) in [6.45, 7) is 5.71. The van der Waals surface area contributed by atoms with Crippen LogP contribution in [0.2, 0.25) is 5.02 Å². The number of hydrogen-bond acceptors (Lipinski definition) is 1. The largest absolute Gasteiger partial charge is 0.299 e. The third-order valence-corrected chi connectivity index (χ3v) is 4.20. The Morgan fingerprint density at radius 1 is 1.50 bits per heavy atom. The van der Waals surface area contributed by atoms with Gasteiger partial charge in [0, 0.05) is 22.6 Å². The van der Waals surface area contributed by atoms with Crippen molar-refractivity contribution in [2.75, 3.05) is 13.1 Å². The highest BCUT2D eigenvalue weighted by Gasteiger charge is 2.21. The van der Waals surface area contributed by atoms with Gasteiger partial charge in [-0.1, -0.05) is 46.9 Å². The topological polar surface area (TPSA) is 3.24 Å². The minimum Gasteiger partial charge on any atom is -0.299 e. The fraction of sp³-hybridized carbons (Fsp3) is 0.538. The maximum atomic E-state index is 6.22. The lowest BCUT2D eigenvalue weighted by molar-refractivity contribution is 0.315. The molecular formula is C13H17BrClN. The molecule has 1 aliphatic rings. The van der Waals surface area contributed by atoms with Crippen LogP contribution in [0.1, 0.15) is 25.3 Å². The van der Waals surface area contributed by atoms with Crippen LogP contribution in [0.3, 0.4) is 0 Å². The zero-order valence-corrected chi connectivity index (χ0v) is 11.9. The van der Waals surface area contributed by atoms with Crippen molar-refractivity contribution in [1.82, 2.24) is 4.90 Å². The van der Waals surface area contributed by atoms with Gasteiger partial charge in [-0.05, 0) is 36.6 Å². The molecule has 0 bridgehead atoms. The Balaban J connectivity index is 1.99. The number of nitrogens with zero attached hydrogens (tertiary/aromatic N) is 1. The third kappa shape index (κ3) is 2.99. The molecule has 1 heterocycles. The highest BCUT2D eigenvalue weighted by atomic mass is 79.9. The predicted molar refractivity (Wildman–Crippen MR) is 72.8 cm³/mol. The second-order valence-electron chi connectivity index (χ2n) is 4.53. The number of halogens is 2. The van der Waals surface area contributed by atoms with Crippen LogP contribution in [-0.2, 0) is 6.54 Å². The Morgan fingerprint density at radius 2 is 2.31 bits per heavy atom. The van der Waals surface area contributed by atoms with Gasteiger partial charge in [0.25, 0.3) is 0 Å². The smallest absolute Gasteiger partial charge is 0.0462 e. The maximum Gasteiger partial charge on any atom is 0.0462 e. The van der Waals surface area contributed by atoms with Gasteiger partial charge in [0.05, 0.1) is 0 Å². The summed E-state index contributed by atoms with van der Waals surface area (Å²) in [7, 11) is 0. The van der Waals surface area contributed by atoms with Crippen molar-refractivity contribution >= 4 is 27.5 Å². The van der Waals surface area contributed by atoms with Crippen molar-refractivity contribution < 1.29 is 0 Å². The molecule has 2 rings (SSSR count). The molecule has 0 aliphatic carbocycles. The summed E-state index contributed by atoms with van der Waals surface area (Å²) in [5, 5.41) is 0.870. The molecular weight excluding hydrogens is 286 g/mol. The molecule has 1 unspecified atom stereocenters. The Bertz CT molecular complexity index is 367. The van der Waals surface area contributed by atoms with E-state index in [9.17, 15) is 0 Å². The molecule has 3 heteroatoms. The van der Waals surface area contributed by atoms with E-state index in [-0.39, 0.29) is 0 Å². The van der Waals surface area contributed by atoms with Crippen molar-refractivity contribution in [2.24, 2.45) is 5.92 Å². The van der Waals surface area contributed by atoms with Crippen molar-refractivity contribution in [2.45, 2.75) is 26.3 Å². The summed E-state index contributed by atoms with van der Waals surface area (Å²) in [6, 6.07) is 6.16. The molecule has 16 heavy (non-hydrogen) atoms. The first-order chi connectivity index (χ1) is 7.69. The molecule has 1 fully saturated rings. The van der Waals surface area contributed by atoms with Crippen LogP contribution < -0.4 is 0 Å². The SMILES string of the molecule is CCC1CCN(Cc2ccc(Br)cc2Cl)C1. The maximum absolute atomic E-state index is 6.22. The van der Waals surface area contributed by atoms with Crippen LogP contribution in [0.15, 0.2) is 22.7 Å². The van der Waals surface area contributed by atoms with Gasteiger partial charge in [0.15, 0.2) is 0 Å². The van der Waals surface area contributed by atoms with E-state index in [1.807, 2.05) is 6.07 Å². The summed E-state index contributed by atoms with van der Waals surface area (Å²) < 4.78 is 1.05.